The molecule has 0 bridgehead atoms. The third-order valence-corrected chi connectivity index (χ3v) is 4.46. The summed E-state index contributed by atoms with van der Waals surface area (Å²) in [6.45, 7) is 6.84. The van der Waals surface area contributed by atoms with Crippen molar-refractivity contribution in [1.82, 2.24) is 15.2 Å². The molecule has 1 saturated heterocycles. The molecule has 1 aliphatic heterocycles. The lowest BCUT2D eigenvalue weighted by molar-refractivity contribution is 0.166. The second-order valence-corrected chi connectivity index (χ2v) is 5.90. The third-order valence-electron chi connectivity index (χ3n) is 3.62. The van der Waals surface area contributed by atoms with Crippen molar-refractivity contribution in [2.45, 2.75) is 38.3 Å². The number of hydrogen-bond acceptors (Lipinski definition) is 4. The Bertz CT molecular complexity index is 359. The van der Waals surface area contributed by atoms with Crippen molar-refractivity contribution >= 4 is 11.3 Å². The first-order valence-corrected chi connectivity index (χ1v) is 7.09. The molecular formula is C12H19N3S. The molecule has 0 radical (unpaired) electrons. The molecule has 0 amide bonds. The summed E-state index contributed by atoms with van der Waals surface area (Å²) in [5.74, 6) is 0.791. The van der Waals surface area contributed by atoms with E-state index in [2.05, 4.69) is 22.1 Å². The Morgan fingerprint density at radius 3 is 3.19 bits per heavy atom. The molecular weight excluding hydrogens is 218 g/mol. The molecule has 1 saturated carbocycles. The molecule has 1 aromatic heterocycles. The lowest BCUT2D eigenvalue weighted by Crippen LogP contribution is -2.49. The molecule has 1 N–H and O–H groups in total. The van der Waals surface area contributed by atoms with E-state index in [1.54, 1.807) is 0 Å². The van der Waals surface area contributed by atoms with E-state index in [1.165, 1.54) is 30.0 Å². The van der Waals surface area contributed by atoms with Gasteiger partial charge in [-0.1, -0.05) is 0 Å². The third kappa shape index (κ3) is 2.14. The van der Waals surface area contributed by atoms with Crippen LogP contribution in [0.25, 0.3) is 0 Å². The monoisotopic (exact) mass is 237 g/mol. The number of thiazole rings is 1. The summed E-state index contributed by atoms with van der Waals surface area (Å²) < 4.78 is 0. The number of rotatable bonds is 3. The van der Waals surface area contributed by atoms with Crippen LogP contribution >= 0.6 is 11.3 Å². The predicted octanol–water partition coefficient (Wildman–Crippen LogP) is 1.81. The van der Waals surface area contributed by atoms with E-state index in [0.717, 1.165) is 25.6 Å². The fraction of sp³-hybridized carbons (Fsp3) is 0.750. The van der Waals surface area contributed by atoms with E-state index in [0.29, 0.717) is 6.04 Å². The van der Waals surface area contributed by atoms with Crippen LogP contribution in [0.2, 0.25) is 0 Å². The maximum Gasteiger partial charge on any atom is 0.0798 e. The van der Waals surface area contributed by atoms with Crippen LogP contribution in [0.1, 0.15) is 36.3 Å². The van der Waals surface area contributed by atoms with E-state index in [1.807, 2.05) is 16.8 Å². The van der Waals surface area contributed by atoms with Gasteiger partial charge in [0.2, 0.25) is 0 Å². The van der Waals surface area contributed by atoms with Crippen LogP contribution in [-0.2, 0) is 6.54 Å². The number of aromatic nitrogens is 1. The van der Waals surface area contributed by atoms with Crippen molar-refractivity contribution in [3.63, 3.8) is 0 Å². The maximum atomic E-state index is 4.54. The average molecular weight is 237 g/mol. The zero-order chi connectivity index (χ0) is 11.0. The molecule has 16 heavy (non-hydrogen) atoms. The van der Waals surface area contributed by atoms with Crippen molar-refractivity contribution in [2.75, 3.05) is 19.6 Å². The molecule has 0 spiro atoms. The van der Waals surface area contributed by atoms with E-state index >= 15 is 0 Å². The molecule has 1 unspecified atom stereocenters. The minimum atomic E-state index is 0.655. The summed E-state index contributed by atoms with van der Waals surface area (Å²) in [4.78, 5) is 8.63. The SMILES string of the molecule is CC1CNCCN1Cc1scnc1C1CC1. The second kappa shape index (κ2) is 4.43. The first-order valence-electron chi connectivity index (χ1n) is 6.21. The standard InChI is InChI=1S/C12H19N3S/c1-9-6-13-4-5-15(9)7-11-12(10-2-3-10)14-8-16-11/h8-10,13H,2-7H2,1H3. The molecule has 1 aliphatic carbocycles. The van der Waals surface area contributed by atoms with E-state index in [4.69, 9.17) is 0 Å². The number of piperazine rings is 1. The van der Waals surface area contributed by atoms with Crippen molar-refractivity contribution in [3.8, 4) is 0 Å². The fourth-order valence-corrected chi connectivity index (χ4v) is 3.26. The van der Waals surface area contributed by atoms with E-state index in [-0.39, 0.29) is 0 Å². The fourth-order valence-electron chi connectivity index (χ4n) is 2.39. The lowest BCUT2D eigenvalue weighted by Gasteiger charge is -2.33. The van der Waals surface area contributed by atoms with Crippen LogP contribution < -0.4 is 5.32 Å². The molecule has 2 fully saturated rings. The number of nitrogens with zero attached hydrogens (tertiary/aromatic N) is 2. The molecule has 1 atom stereocenters. The molecule has 3 nitrogen and oxygen atoms in total. The average Bonchev–Trinajstić information content (AvgIpc) is 3.03. The van der Waals surface area contributed by atoms with Gasteiger partial charge in [0, 0.05) is 43.0 Å². The zero-order valence-electron chi connectivity index (χ0n) is 9.78. The Hall–Kier alpha value is -0.450. The van der Waals surface area contributed by atoms with Crippen LogP contribution in [0.3, 0.4) is 0 Å². The van der Waals surface area contributed by atoms with Gasteiger partial charge in [-0.3, -0.25) is 4.90 Å². The van der Waals surface area contributed by atoms with Gasteiger partial charge in [0.15, 0.2) is 0 Å². The Morgan fingerprint density at radius 1 is 1.56 bits per heavy atom. The van der Waals surface area contributed by atoms with Crippen molar-refractivity contribution in [2.24, 2.45) is 0 Å². The highest BCUT2D eigenvalue weighted by molar-refractivity contribution is 7.09. The Balaban J connectivity index is 1.70. The summed E-state index contributed by atoms with van der Waals surface area (Å²) in [6, 6.07) is 0.655. The Morgan fingerprint density at radius 2 is 2.44 bits per heavy atom. The summed E-state index contributed by atoms with van der Waals surface area (Å²) in [6.07, 6.45) is 2.71. The van der Waals surface area contributed by atoms with Gasteiger partial charge in [-0.05, 0) is 19.8 Å². The number of hydrogen-bond donors (Lipinski definition) is 1. The first kappa shape index (κ1) is 10.7. The molecule has 3 rings (SSSR count). The van der Waals surface area contributed by atoms with E-state index < -0.39 is 0 Å². The molecule has 2 heterocycles. The van der Waals surface area contributed by atoms with Crippen LogP contribution in [0.4, 0.5) is 0 Å². The summed E-state index contributed by atoms with van der Waals surface area (Å²) in [5, 5.41) is 3.44. The predicted molar refractivity (Wildman–Crippen MR) is 66.8 cm³/mol. The van der Waals surface area contributed by atoms with Gasteiger partial charge in [0.05, 0.1) is 11.2 Å². The van der Waals surface area contributed by atoms with Crippen molar-refractivity contribution < 1.29 is 0 Å². The van der Waals surface area contributed by atoms with Crippen molar-refractivity contribution in [3.05, 3.63) is 16.1 Å². The molecule has 4 heteroatoms. The van der Waals surface area contributed by atoms with Gasteiger partial charge in [-0.15, -0.1) is 11.3 Å². The smallest absolute Gasteiger partial charge is 0.0798 e. The summed E-state index contributed by atoms with van der Waals surface area (Å²) >= 11 is 1.84. The summed E-state index contributed by atoms with van der Waals surface area (Å²) in [5.41, 5.74) is 3.42. The van der Waals surface area contributed by atoms with Crippen molar-refractivity contribution in [1.29, 1.82) is 0 Å². The maximum absolute atomic E-state index is 4.54. The second-order valence-electron chi connectivity index (χ2n) is 4.96. The van der Waals surface area contributed by atoms with Gasteiger partial charge in [-0.2, -0.15) is 0 Å². The van der Waals surface area contributed by atoms with Gasteiger partial charge in [0.25, 0.3) is 0 Å². The van der Waals surface area contributed by atoms with Crippen LogP contribution in [-0.4, -0.2) is 35.6 Å². The largest absolute Gasteiger partial charge is 0.314 e. The summed E-state index contributed by atoms with van der Waals surface area (Å²) in [7, 11) is 0. The van der Waals surface area contributed by atoms with E-state index in [9.17, 15) is 0 Å². The topological polar surface area (TPSA) is 28.2 Å². The van der Waals surface area contributed by atoms with Gasteiger partial charge < -0.3 is 5.32 Å². The van der Waals surface area contributed by atoms with Gasteiger partial charge in [0.1, 0.15) is 0 Å². The highest BCUT2D eigenvalue weighted by atomic mass is 32.1. The van der Waals surface area contributed by atoms with Gasteiger partial charge >= 0.3 is 0 Å². The highest BCUT2D eigenvalue weighted by Crippen LogP contribution is 2.42. The molecule has 0 aromatic carbocycles. The minimum Gasteiger partial charge on any atom is -0.314 e. The quantitative estimate of drug-likeness (QED) is 0.869. The van der Waals surface area contributed by atoms with Crippen LogP contribution in [0.15, 0.2) is 5.51 Å². The zero-order valence-corrected chi connectivity index (χ0v) is 10.6. The Labute approximate surface area is 101 Å². The lowest BCUT2D eigenvalue weighted by atomic mass is 10.2. The minimum absolute atomic E-state index is 0.655. The Kier molecular flexibility index (Phi) is 2.96. The molecule has 1 aromatic rings. The van der Waals surface area contributed by atoms with Crippen LogP contribution in [0, 0.1) is 0 Å². The number of nitrogens with one attached hydrogen (secondary N) is 1. The van der Waals surface area contributed by atoms with Crippen LogP contribution in [0.5, 0.6) is 0 Å². The molecule has 2 aliphatic rings. The highest BCUT2D eigenvalue weighted by Gasteiger charge is 2.29. The first-order chi connectivity index (χ1) is 7.84. The molecule has 88 valence electrons. The van der Waals surface area contributed by atoms with Gasteiger partial charge in [-0.25, -0.2) is 4.98 Å². The normalized spacial score (nSPS) is 27.2.